The Morgan fingerprint density at radius 1 is 1.28 bits per heavy atom. The van der Waals surface area contributed by atoms with Crippen LogP contribution in [0, 0.1) is 0 Å². The van der Waals surface area contributed by atoms with Gasteiger partial charge in [-0.15, -0.1) is 34.2 Å². The van der Waals surface area contributed by atoms with E-state index in [-0.39, 0.29) is 36.5 Å². The molecule has 0 aliphatic carbocycles. The molecule has 0 fully saturated rings. The van der Waals surface area contributed by atoms with Crippen molar-refractivity contribution in [1.82, 2.24) is 25.4 Å². The molecule has 25 heavy (non-hydrogen) atoms. The van der Waals surface area contributed by atoms with Crippen LogP contribution in [0.3, 0.4) is 0 Å². The van der Waals surface area contributed by atoms with Crippen LogP contribution in [-0.2, 0) is 19.5 Å². The summed E-state index contributed by atoms with van der Waals surface area (Å²) >= 11 is 0. The van der Waals surface area contributed by atoms with E-state index in [4.69, 9.17) is 0 Å². The fourth-order valence-corrected chi connectivity index (χ4v) is 2.96. The number of nitrogens with zero attached hydrogens (tertiary/aromatic N) is 4. The third-order valence-corrected chi connectivity index (χ3v) is 4.33. The number of aromatic nitrogens is 3. The minimum atomic E-state index is 0. The first kappa shape index (κ1) is 19.6. The Morgan fingerprint density at radius 2 is 2.08 bits per heavy atom. The first-order valence-corrected chi connectivity index (χ1v) is 8.33. The van der Waals surface area contributed by atoms with E-state index in [2.05, 4.69) is 30.4 Å². The molecular formula is C17H25IN6O. The number of hydrogen-bond donors (Lipinski definition) is 3. The van der Waals surface area contributed by atoms with Gasteiger partial charge in [0.1, 0.15) is 5.82 Å². The molecule has 1 aliphatic heterocycles. The van der Waals surface area contributed by atoms with Crippen molar-refractivity contribution in [3.8, 4) is 0 Å². The van der Waals surface area contributed by atoms with Crippen LogP contribution in [0.5, 0.6) is 0 Å². The summed E-state index contributed by atoms with van der Waals surface area (Å²) < 4.78 is 2.17. The summed E-state index contributed by atoms with van der Waals surface area (Å²) in [6, 6.07) is 9.99. The molecule has 7 nitrogen and oxygen atoms in total. The van der Waals surface area contributed by atoms with Gasteiger partial charge in [0.25, 0.3) is 0 Å². The maximum atomic E-state index is 9.63. The smallest absolute Gasteiger partial charge is 0.191 e. The van der Waals surface area contributed by atoms with Crippen LogP contribution in [0.2, 0.25) is 0 Å². The van der Waals surface area contributed by atoms with Crippen molar-refractivity contribution >= 4 is 29.9 Å². The number of fused-ring (bicyclic) bond motifs is 1. The van der Waals surface area contributed by atoms with Crippen molar-refractivity contribution in [2.24, 2.45) is 4.99 Å². The van der Waals surface area contributed by atoms with Crippen molar-refractivity contribution in [2.45, 2.75) is 31.8 Å². The van der Waals surface area contributed by atoms with Crippen LogP contribution in [-0.4, -0.2) is 46.0 Å². The number of aliphatic hydroxyl groups excluding tert-OH is 1. The summed E-state index contributed by atoms with van der Waals surface area (Å²) in [6.07, 6.45) is 2.15. The van der Waals surface area contributed by atoms with Gasteiger partial charge in [0.2, 0.25) is 0 Å². The number of benzene rings is 1. The Bertz CT molecular complexity index is 688. The quantitative estimate of drug-likeness (QED) is 0.347. The Hall–Kier alpha value is -1.68. The van der Waals surface area contributed by atoms with E-state index in [0.29, 0.717) is 19.0 Å². The third kappa shape index (κ3) is 4.91. The van der Waals surface area contributed by atoms with Gasteiger partial charge in [0.15, 0.2) is 11.8 Å². The number of aryl methyl sites for hydroxylation is 1. The highest BCUT2D eigenvalue weighted by molar-refractivity contribution is 14.0. The van der Waals surface area contributed by atoms with Gasteiger partial charge in [-0.05, 0) is 12.0 Å². The van der Waals surface area contributed by atoms with Gasteiger partial charge in [-0.1, -0.05) is 30.3 Å². The van der Waals surface area contributed by atoms with Crippen LogP contribution in [0.25, 0.3) is 0 Å². The summed E-state index contributed by atoms with van der Waals surface area (Å²) in [5.74, 6) is 2.73. The molecule has 3 rings (SSSR count). The van der Waals surface area contributed by atoms with Gasteiger partial charge in [0.05, 0.1) is 13.2 Å². The summed E-state index contributed by atoms with van der Waals surface area (Å²) in [5, 5.41) is 24.6. The predicted molar refractivity (Wildman–Crippen MR) is 108 cm³/mol. The van der Waals surface area contributed by atoms with Gasteiger partial charge in [0, 0.05) is 32.5 Å². The van der Waals surface area contributed by atoms with Crippen molar-refractivity contribution in [3.05, 3.63) is 47.5 Å². The molecule has 1 aromatic carbocycles. The lowest BCUT2D eigenvalue weighted by atomic mass is 10.0. The van der Waals surface area contributed by atoms with E-state index in [1.807, 2.05) is 30.3 Å². The summed E-state index contributed by atoms with van der Waals surface area (Å²) in [5.41, 5.74) is 1.11. The van der Waals surface area contributed by atoms with Crippen LogP contribution in [0.1, 0.15) is 29.6 Å². The van der Waals surface area contributed by atoms with Gasteiger partial charge >= 0.3 is 0 Å². The van der Waals surface area contributed by atoms with E-state index in [9.17, 15) is 5.11 Å². The fraction of sp³-hybridized carbons (Fsp3) is 0.471. The number of aliphatic hydroxyl groups is 1. The molecule has 8 heteroatoms. The lowest BCUT2D eigenvalue weighted by Crippen LogP contribution is -2.40. The van der Waals surface area contributed by atoms with E-state index >= 15 is 0 Å². The summed E-state index contributed by atoms with van der Waals surface area (Å²) in [6.45, 7) is 2.28. The normalized spacial score (nSPS) is 14.6. The van der Waals surface area contributed by atoms with E-state index in [1.165, 1.54) is 0 Å². The molecule has 2 heterocycles. The molecule has 0 amide bonds. The largest absolute Gasteiger partial charge is 0.396 e. The summed E-state index contributed by atoms with van der Waals surface area (Å²) in [4.78, 5) is 4.24. The second kappa shape index (κ2) is 9.71. The number of aliphatic imine (C=N–C) groups is 1. The molecule has 1 aromatic heterocycles. The van der Waals surface area contributed by atoms with Crippen LogP contribution in [0.15, 0.2) is 35.3 Å². The second-order valence-corrected chi connectivity index (χ2v) is 5.88. The molecule has 1 aliphatic rings. The zero-order chi connectivity index (χ0) is 16.8. The van der Waals surface area contributed by atoms with Crippen LogP contribution in [0.4, 0.5) is 0 Å². The Balaban J connectivity index is 0.00000225. The average Bonchev–Trinajstić information content (AvgIpc) is 3.23. The van der Waals surface area contributed by atoms with Crippen LogP contribution >= 0.6 is 24.0 Å². The molecule has 2 aromatic rings. The average molecular weight is 456 g/mol. The molecule has 1 unspecified atom stereocenters. The minimum Gasteiger partial charge on any atom is -0.396 e. The predicted octanol–water partition coefficient (Wildman–Crippen LogP) is 1.28. The molecule has 3 N–H and O–H groups in total. The van der Waals surface area contributed by atoms with Gasteiger partial charge in [-0.25, -0.2) is 0 Å². The highest BCUT2D eigenvalue weighted by atomic mass is 127. The van der Waals surface area contributed by atoms with Crippen molar-refractivity contribution in [3.63, 3.8) is 0 Å². The van der Waals surface area contributed by atoms with Gasteiger partial charge in [-0.2, -0.15) is 0 Å². The molecule has 0 bridgehead atoms. The number of nitrogens with one attached hydrogen (secondary N) is 2. The Kier molecular flexibility index (Phi) is 7.63. The van der Waals surface area contributed by atoms with E-state index in [0.717, 1.165) is 36.6 Å². The van der Waals surface area contributed by atoms with Crippen molar-refractivity contribution < 1.29 is 5.11 Å². The number of rotatable bonds is 6. The number of hydrogen-bond acceptors (Lipinski definition) is 4. The third-order valence-electron chi connectivity index (χ3n) is 4.33. The number of halogens is 1. The van der Waals surface area contributed by atoms with E-state index < -0.39 is 0 Å². The van der Waals surface area contributed by atoms with Crippen molar-refractivity contribution in [2.75, 3.05) is 20.2 Å². The maximum Gasteiger partial charge on any atom is 0.191 e. The molecule has 1 atom stereocenters. The molecule has 0 saturated carbocycles. The monoisotopic (exact) mass is 456 g/mol. The Labute approximate surface area is 165 Å². The number of guanidine groups is 1. The molecule has 136 valence electrons. The van der Waals surface area contributed by atoms with Gasteiger partial charge in [-0.3, -0.25) is 4.99 Å². The molecular weight excluding hydrogens is 431 g/mol. The molecule has 0 spiro atoms. The first-order chi connectivity index (χ1) is 11.8. The topological polar surface area (TPSA) is 87.4 Å². The lowest BCUT2D eigenvalue weighted by Gasteiger charge is -2.18. The highest BCUT2D eigenvalue weighted by Gasteiger charge is 2.17. The first-order valence-electron chi connectivity index (χ1n) is 8.33. The van der Waals surface area contributed by atoms with Crippen molar-refractivity contribution in [1.29, 1.82) is 0 Å². The van der Waals surface area contributed by atoms with E-state index in [1.54, 1.807) is 7.05 Å². The SMILES string of the molecule is CN=C(NCc1nnc2n1CCC2)NCC(CO)c1ccccc1.I. The Morgan fingerprint density at radius 3 is 2.80 bits per heavy atom. The van der Waals surface area contributed by atoms with Gasteiger partial charge < -0.3 is 20.3 Å². The lowest BCUT2D eigenvalue weighted by molar-refractivity contribution is 0.265. The fourth-order valence-electron chi connectivity index (χ4n) is 2.96. The van der Waals surface area contributed by atoms with Crippen LogP contribution < -0.4 is 10.6 Å². The minimum absolute atomic E-state index is 0. The highest BCUT2D eigenvalue weighted by Crippen LogP contribution is 2.14. The zero-order valence-corrected chi connectivity index (χ0v) is 16.7. The standard InChI is InChI=1S/C17H24N6O.HI/c1-18-17(19-10-14(12-24)13-6-3-2-4-7-13)20-11-16-22-21-15-8-5-9-23(15)16;/h2-4,6-7,14,24H,5,8-12H2,1H3,(H2,18,19,20);1H. The maximum absolute atomic E-state index is 9.63. The molecule has 0 saturated heterocycles. The molecule has 0 radical (unpaired) electrons. The summed E-state index contributed by atoms with van der Waals surface area (Å²) in [7, 11) is 1.74. The second-order valence-electron chi connectivity index (χ2n) is 5.88. The zero-order valence-electron chi connectivity index (χ0n) is 14.4.